The van der Waals surface area contributed by atoms with E-state index in [0.29, 0.717) is 34.1 Å². The van der Waals surface area contributed by atoms with Crippen molar-refractivity contribution in [3.05, 3.63) is 119 Å². The van der Waals surface area contributed by atoms with Crippen molar-refractivity contribution in [2.45, 2.75) is 0 Å². The van der Waals surface area contributed by atoms with Crippen LogP contribution in [0.1, 0.15) is 0 Å². The van der Waals surface area contributed by atoms with Crippen LogP contribution in [-0.2, 0) is 0 Å². The number of hydrogen-bond donors (Lipinski definition) is 0. The highest BCUT2D eigenvalue weighted by Gasteiger charge is 2.31. The van der Waals surface area contributed by atoms with Crippen LogP contribution >= 0.6 is 0 Å². The molecule has 0 saturated heterocycles. The van der Waals surface area contributed by atoms with Crippen LogP contribution in [-0.4, -0.2) is 9.49 Å². The fourth-order valence-corrected chi connectivity index (χ4v) is 5.02. The molecule has 1 aromatic heterocycles. The van der Waals surface area contributed by atoms with Gasteiger partial charge in [0.25, 0.3) is 5.69 Å². The number of hydrogen-bond acceptors (Lipinski definition) is 4. The summed E-state index contributed by atoms with van der Waals surface area (Å²) in [6, 6.07) is 34.4. The lowest BCUT2D eigenvalue weighted by Crippen LogP contribution is -2.04. The van der Waals surface area contributed by atoms with Gasteiger partial charge in [0, 0.05) is 28.1 Å². The molecule has 0 spiro atoms. The number of nitro groups is 1. The fourth-order valence-electron chi connectivity index (χ4n) is 5.02. The molecule has 0 amide bonds. The molecule has 0 unspecified atom stereocenters. The van der Waals surface area contributed by atoms with Crippen LogP contribution in [0.15, 0.2) is 109 Å². The standard InChI is InChI=1S/C30H18N2O4/c33-32(34)25-15-7-5-13-21(25)23-18-22-20-12-4-6-14-24(20)31(19-10-2-1-3-11-19)28(22)30-29(23)35-26-16-8-9-17-27(26)36-30/h1-18H. The molecule has 1 aliphatic heterocycles. The zero-order valence-electron chi connectivity index (χ0n) is 18.9. The number of nitro benzene ring substituents is 1. The van der Waals surface area contributed by atoms with Gasteiger partial charge in [-0.15, -0.1) is 0 Å². The summed E-state index contributed by atoms with van der Waals surface area (Å²) >= 11 is 0. The Hall–Kier alpha value is -5.10. The van der Waals surface area contributed by atoms with Crippen LogP contribution in [0.2, 0.25) is 0 Å². The maximum Gasteiger partial charge on any atom is 0.277 e. The van der Waals surface area contributed by atoms with E-state index in [1.165, 1.54) is 6.07 Å². The smallest absolute Gasteiger partial charge is 0.277 e. The summed E-state index contributed by atoms with van der Waals surface area (Å²) in [7, 11) is 0. The van der Waals surface area contributed by atoms with E-state index < -0.39 is 0 Å². The quantitative estimate of drug-likeness (QED) is 0.193. The van der Waals surface area contributed by atoms with E-state index in [-0.39, 0.29) is 10.6 Å². The monoisotopic (exact) mass is 470 g/mol. The number of ether oxygens (including phenoxy) is 2. The topological polar surface area (TPSA) is 66.5 Å². The number of nitrogens with zero attached hydrogens (tertiary/aromatic N) is 2. The maximum atomic E-state index is 12.0. The van der Waals surface area contributed by atoms with E-state index in [9.17, 15) is 10.1 Å². The Labute approximate surface area is 205 Å². The highest BCUT2D eigenvalue weighted by molar-refractivity contribution is 6.14. The van der Waals surface area contributed by atoms with Crippen molar-refractivity contribution in [3.63, 3.8) is 0 Å². The minimum Gasteiger partial charge on any atom is -0.449 e. The SMILES string of the molecule is O=[N+]([O-])c1ccccc1-c1cc2c3ccccc3n(-c3ccccc3)c2c2c1Oc1ccccc1O2. The molecule has 36 heavy (non-hydrogen) atoms. The molecule has 6 aromatic rings. The van der Waals surface area contributed by atoms with Crippen LogP contribution in [0.3, 0.4) is 0 Å². The molecule has 0 saturated carbocycles. The van der Waals surface area contributed by atoms with E-state index in [2.05, 4.69) is 16.7 Å². The maximum absolute atomic E-state index is 12.0. The summed E-state index contributed by atoms with van der Waals surface area (Å²) in [4.78, 5) is 11.6. The van der Waals surface area contributed by atoms with Crippen molar-refractivity contribution in [2.24, 2.45) is 0 Å². The number of fused-ring (bicyclic) bond motifs is 6. The van der Waals surface area contributed by atoms with Gasteiger partial charge < -0.3 is 14.0 Å². The second-order valence-electron chi connectivity index (χ2n) is 8.59. The van der Waals surface area contributed by atoms with Crippen LogP contribution in [0.4, 0.5) is 5.69 Å². The van der Waals surface area contributed by atoms with E-state index in [1.54, 1.807) is 18.2 Å². The lowest BCUT2D eigenvalue weighted by Gasteiger charge is -2.24. The Morgan fingerprint density at radius 2 is 1.28 bits per heavy atom. The molecule has 0 bridgehead atoms. The third-order valence-electron chi connectivity index (χ3n) is 6.55. The second-order valence-corrected chi connectivity index (χ2v) is 8.59. The molecular formula is C30H18N2O4. The zero-order valence-corrected chi connectivity index (χ0v) is 18.9. The predicted octanol–water partition coefficient (Wildman–Crippen LogP) is 8.26. The molecule has 172 valence electrons. The molecular weight excluding hydrogens is 452 g/mol. The molecule has 5 aromatic carbocycles. The van der Waals surface area contributed by atoms with Crippen LogP contribution < -0.4 is 9.47 Å². The molecule has 0 aliphatic carbocycles. The number of benzene rings is 5. The first-order chi connectivity index (χ1) is 17.7. The number of para-hydroxylation sites is 5. The number of rotatable bonds is 3. The first kappa shape index (κ1) is 20.3. The second kappa shape index (κ2) is 7.71. The van der Waals surface area contributed by atoms with Gasteiger partial charge in [-0.3, -0.25) is 10.1 Å². The summed E-state index contributed by atoms with van der Waals surface area (Å²) in [5.74, 6) is 2.14. The Bertz CT molecular complexity index is 1820. The Balaban J connectivity index is 1.66. The van der Waals surface area contributed by atoms with Gasteiger partial charge in [0.1, 0.15) is 5.52 Å². The molecule has 6 heteroatoms. The summed E-state index contributed by atoms with van der Waals surface area (Å²) in [6.07, 6.45) is 0. The third-order valence-corrected chi connectivity index (χ3v) is 6.55. The van der Waals surface area contributed by atoms with Crippen molar-refractivity contribution in [1.29, 1.82) is 0 Å². The minimum atomic E-state index is -0.364. The van der Waals surface area contributed by atoms with Crippen molar-refractivity contribution in [2.75, 3.05) is 0 Å². The van der Waals surface area contributed by atoms with Gasteiger partial charge in [0.2, 0.25) is 0 Å². The summed E-state index contributed by atoms with van der Waals surface area (Å²) in [6.45, 7) is 0. The van der Waals surface area contributed by atoms with Gasteiger partial charge in [-0.05, 0) is 42.5 Å². The molecule has 2 heterocycles. The lowest BCUT2D eigenvalue weighted by atomic mass is 9.98. The van der Waals surface area contributed by atoms with E-state index >= 15 is 0 Å². The minimum absolute atomic E-state index is 0.00769. The van der Waals surface area contributed by atoms with Gasteiger partial charge in [-0.25, -0.2) is 0 Å². The third kappa shape index (κ3) is 2.91. The summed E-state index contributed by atoms with van der Waals surface area (Å²) < 4.78 is 15.1. The molecule has 7 rings (SSSR count). The Kier molecular flexibility index (Phi) is 4.35. The molecule has 0 atom stereocenters. The highest BCUT2D eigenvalue weighted by Crippen LogP contribution is 2.55. The van der Waals surface area contributed by atoms with Crippen LogP contribution in [0.25, 0.3) is 38.6 Å². The zero-order chi connectivity index (χ0) is 24.2. The summed E-state index contributed by atoms with van der Waals surface area (Å²) in [5, 5.41) is 13.9. The normalized spacial score (nSPS) is 12.0. The van der Waals surface area contributed by atoms with Crippen LogP contribution in [0, 0.1) is 10.1 Å². The average molecular weight is 470 g/mol. The van der Waals surface area contributed by atoms with Gasteiger partial charge in [-0.1, -0.05) is 60.7 Å². The summed E-state index contributed by atoms with van der Waals surface area (Å²) in [5.41, 5.74) is 3.91. The van der Waals surface area contributed by atoms with Crippen LogP contribution in [0.5, 0.6) is 23.0 Å². The lowest BCUT2D eigenvalue weighted by molar-refractivity contribution is -0.384. The fraction of sp³-hybridized carbons (Fsp3) is 0. The van der Waals surface area contributed by atoms with E-state index in [1.807, 2.05) is 72.8 Å². The van der Waals surface area contributed by atoms with E-state index in [0.717, 1.165) is 27.5 Å². The first-order valence-corrected chi connectivity index (χ1v) is 11.5. The predicted molar refractivity (Wildman–Crippen MR) is 139 cm³/mol. The van der Waals surface area contributed by atoms with Gasteiger partial charge in [-0.2, -0.15) is 0 Å². The van der Waals surface area contributed by atoms with Crippen molar-refractivity contribution >= 4 is 27.5 Å². The molecule has 1 aliphatic rings. The number of aromatic nitrogens is 1. The molecule has 0 radical (unpaired) electrons. The van der Waals surface area contributed by atoms with Crippen molar-refractivity contribution < 1.29 is 14.4 Å². The largest absolute Gasteiger partial charge is 0.449 e. The molecule has 0 N–H and O–H groups in total. The van der Waals surface area contributed by atoms with Gasteiger partial charge in [0.15, 0.2) is 23.0 Å². The van der Waals surface area contributed by atoms with Gasteiger partial charge in [0.05, 0.1) is 16.0 Å². The Morgan fingerprint density at radius 3 is 2.06 bits per heavy atom. The molecule has 6 nitrogen and oxygen atoms in total. The average Bonchev–Trinajstić information content (AvgIpc) is 3.26. The van der Waals surface area contributed by atoms with Gasteiger partial charge >= 0.3 is 0 Å². The van der Waals surface area contributed by atoms with Crippen molar-refractivity contribution in [1.82, 2.24) is 4.57 Å². The Morgan fingerprint density at radius 1 is 0.639 bits per heavy atom. The molecule has 0 fully saturated rings. The highest BCUT2D eigenvalue weighted by atomic mass is 16.6. The van der Waals surface area contributed by atoms with E-state index in [4.69, 9.17) is 9.47 Å². The first-order valence-electron chi connectivity index (χ1n) is 11.5. The van der Waals surface area contributed by atoms with Crippen molar-refractivity contribution in [3.8, 4) is 39.8 Å².